The van der Waals surface area contributed by atoms with Crippen LogP contribution in [0.4, 0.5) is 26.3 Å². The van der Waals surface area contributed by atoms with Crippen molar-refractivity contribution in [2.24, 2.45) is 0 Å². The van der Waals surface area contributed by atoms with E-state index < -0.39 is 42.5 Å². The number of rotatable bonds is 5. The van der Waals surface area contributed by atoms with E-state index >= 15 is 0 Å². The number of amides is 1. The van der Waals surface area contributed by atoms with Crippen molar-refractivity contribution in [3.63, 3.8) is 0 Å². The Morgan fingerprint density at radius 1 is 1.09 bits per heavy atom. The molecule has 3 aromatic rings. The van der Waals surface area contributed by atoms with E-state index in [1.807, 2.05) is 0 Å². The Morgan fingerprint density at radius 2 is 1.83 bits per heavy atom. The molecule has 4 rings (SSSR count). The van der Waals surface area contributed by atoms with Crippen LogP contribution in [0.5, 0.6) is 11.8 Å². The third-order valence-corrected chi connectivity index (χ3v) is 5.44. The first-order valence-electron chi connectivity index (χ1n) is 10.5. The van der Waals surface area contributed by atoms with Crippen molar-refractivity contribution in [3.05, 3.63) is 48.2 Å². The molecule has 0 unspecified atom stereocenters. The molecular formula is C21H19F6N5O3. The average molecular weight is 503 g/mol. The molecule has 1 saturated heterocycles. The number of likely N-dealkylation sites (tertiary alicyclic amines) is 1. The molecule has 2 atom stereocenters. The Morgan fingerprint density at radius 3 is 2.54 bits per heavy atom. The summed E-state index contributed by atoms with van der Waals surface area (Å²) in [4.78, 5) is 26.1. The predicted molar refractivity (Wildman–Crippen MR) is 108 cm³/mol. The number of piperidine rings is 1. The highest BCUT2D eigenvalue weighted by atomic mass is 19.4. The lowest BCUT2D eigenvalue weighted by molar-refractivity contribution is -0.154. The van der Waals surface area contributed by atoms with Gasteiger partial charge in [-0.3, -0.25) is 9.20 Å². The number of nitrogens with zero attached hydrogens (tertiary/aromatic N) is 5. The molecule has 3 aromatic heterocycles. The van der Waals surface area contributed by atoms with Crippen molar-refractivity contribution >= 4 is 11.6 Å². The van der Waals surface area contributed by atoms with E-state index in [0.29, 0.717) is 19.0 Å². The topological polar surface area (TPSA) is 81.9 Å². The maximum atomic E-state index is 13.2. The third kappa shape index (κ3) is 5.41. The molecule has 1 aliphatic heterocycles. The third-order valence-electron chi connectivity index (χ3n) is 5.44. The van der Waals surface area contributed by atoms with Crippen molar-refractivity contribution in [3.8, 4) is 11.8 Å². The minimum Gasteiger partial charge on any atom is -0.470 e. The average Bonchev–Trinajstić information content (AvgIpc) is 3.24. The number of halogens is 6. The quantitative estimate of drug-likeness (QED) is 0.487. The van der Waals surface area contributed by atoms with E-state index in [0.717, 1.165) is 16.8 Å². The number of carbonyl (C=O) groups excluding carboxylic acids is 1. The molecule has 0 aliphatic carbocycles. The van der Waals surface area contributed by atoms with Crippen molar-refractivity contribution in [1.29, 1.82) is 0 Å². The predicted octanol–water partition coefficient (Wildman–Crippen LogP) is 4.16. The largest absolute Gasteiger partial charge is 0.470 e. The molecule has 1 fully saturated rings. The maximum absolute atomic E-state index is 13.2. The van der Waals surface area contributed by atoms with E-state index in [9.17, 15) is 31.1 Å². The lowest BCUT2D eigenvalue weighted by Gasteiger charge is -2.37. The maximum Gasteiger partial charge on any atom is 0.433 e. The number of ether oxygens (including phenoxy) is 2. The van der Waals surface area contributed by atoms with E-state index in [1.165, 1.54) is 23.2 Å². The van der Waals surface area contributed by atoms with Gasteiger partial charge in [-0.15, -0.1) is 0 Å². The molecule has 14 heteroatoms. The Hall–Kier alpha value is -3.58. The molecule has 0 radical (unpaired) electrons. The molecule has 0 saturated carbocycles. The van der Waals surface area contributed by atoms with Crippen LogP contribution in [-0.4, -0.2) is 61.6 Å². The van der Waals surface area contributed by atoms with Crippen molar-refractivity contribution in [2.45, 2.75) is 44.3 Å². The molecule has 0 spiro atoms. The smallest absolute Gasteiger partial charge is 0.433 e. The zero-order valence-corrected chi connectivity index (χ0v) is 18.2. The summed E-state index contributed by atoms with van der Waals surface area (Å²) in [7, 11) is 0. The standard InChI is InChI=1S/C21H19F6N5O3/c1-12-4-5-13(35-18-16-30-9-15(21(25,26)27)31(16)8-7-29-18)10-32(12)19(33)14-3-2-6-28-17(14)34-11-20(22,23)24/h2-3,6-9,12-13H,4-5,10-11H2,1H3/t12-,13-/m1/s1. The summed E-state index contributed by atoms with van der Waals surface area (Å²) >= 11 is 0. The second-order valence-corrected chi connectivity index (χ2v) is 7.95. The fraction of sp³-hybridized carbons (Fsp3) is 0.429. The molecular weight excluding hydrogens is 484 g/mol. The Balaban J connectivity index is 1.53. The Bertz CT molecular complexity index is 1210. The summed E-state index contributed by atoms with van der Waals surface area (Å²) in [5, 5.41) is 0. The zero-order chi connectivity index (χ0) is 25.4. The molecule has 8 nitrogen and oxygen atoms in total. The summed E-state index contributed by atoms with van der Waals surface area (Å²) in [6.45, 7) is 0.179. The first-order valence-corrected chi connectivity index (χ1v) is 10.5. The minimum atomic E-state index is -4.63. The molecule has 1 amide bonds. The van der Waals surface area contributed by atoms with E-state index in [1.54, 1.807) is 6.92 Å². The number of hydrogen-bond donors (Lipinski definition) is 0. The van der Waals surface area contributed by atoms with Gasteiger partial charge in [0.05, 0.1) is 12.7 Å². The summed E-state index contributed by atoms with van der Waals surface area (Å²) in [6.07, 6.45) is -4.80. The van der Waals surface area contributed by atoms with Crippen molar-refractivity contribution in [2.75, 3.05) is 13.2 Å². The van der Waals surface area contributed by atoms with Crippen LogP contribution in [-0.2, 0) is 6.18 Å². The van der Waals surface area contributed by atoms with Gasteiger partial charge in [0.25, 0.3) is 11.8 Å². The SMILES string of the molecule is C[C@@H]1CC[C@@H](Oc2nccn3c(C(F)(F)F)cnc23)CN1C(=O)c1cccnc1OCC(F)(F)F. The highest BCUT2D eigenvalue weighted by molar-refractivity contribution is 5.96. The van der Waals surface area contributed by atoms with E-state index in [4.69, 9.17) is 9.47 Å². The summed E-state index contributed by atoms with van der Waals surface area (Å²) in [6, 6.07) is 2.42. The highest BCUT2D eigenvalue weighted by Crippen LogP contribution is 2.32. The highest BCUT2D eigenvalue weighted by Gasteiger charge is 2.36. The minimum absolute atomic E-state index is 0.0170. The van der Waals surface area contributed by atoms with Gasteiger partial charge in [0.1, 0.15) is 17.4 Å². The van der Waals surface area contributed by atoms with Crippen LogP contribution in [0.1, 0.15) is 35.8 Å². The number of alkyl halides is 6. The number of fused-ring (bicyclic) bond motifs is 1. The first kappa shape index (κ1) is 24.5. The summed E-state index contributed by atoms with van der Waals surface area (Å²) in [5.41, 5.74) is -1.27. The summed E-state index contributed by atoms with van der Waals surface area (Å²) in [5.74, 6) is -1.19. The monoisotopic (exact) mass is 503 g/mol. The van der Waals surface area contributed by atoms with E-state index in [-0.39, 0.29) is 29.7 Å². The molecule has 0 bridgehead atoms. The van der Waals surface area contributed by atoms with Crippen LogP contribution in [0, 0.1) is 0 Å². The second kappa shape index (κ2) is 9.23. The lowest BCUT2D eigenvalue weighted by atomic mass is 10.00. The molecule has 35 heavy (non-hydrogen) atoms. The fourth-order valence-electron chi connectivity index (χ4n) is 3.77. The van der Waals surface area contributed by atoms with Crippen molar-refractivity contribution in [1.82, 2.24) is 24.3 Å². The molecule has 0 N–H and O–H groups in total. The van der Waals surface area contributed by atoms with Gasteiger partial charge in [0, 0.05) is 24.6 Å². The Kier molecular flexibility index (Phi) is 6.47. The van der Waals surface area contributed by atoms with Gasteiger partial charge >= 0.3 is 12.4 Å². The van der Waals surface area contributed by atoms with Gasteiger partial charge in [-0.05, 0) is 31.9 Å². The van der Waals surface area contributed by atoms with E-state index in [2.05, 4.69) is 15.0 Å². The van der Waals surface area contributed by atoms with Crippen LogP contribution in [0.25, 0.3) is 5.65 Å². The van der Waals surface area contributed by atoms with Gasteiger partial charge in [0.15, 0.2) is 6.61 Å². The molecule has 1 aliphatic rings. The zero-order valence-electron chi connectivity index (χ0n) is 18.2. The number of hydrogen-bond acceptors (Lipinski definition) is 6. The van der Waals surface area contributed by atoms with Gasteiger partial charge in [-0.2, -0.15) is 26.3 Å². The molecule has 188 valence electrons. The van der Waals surface area contributed by atoms with Gasteiger partial charge in [-0.25, -0.2) is 15.0 Å². The van der Waals surface area contributed by atoms with Gasteiger partial charge in [0.2, 0.25) is 11.5 Å². The van der Waals surface area contributed by atoms with Crippen molar-refractivity contribution < 1.29 is 40.6 Å². The number of pyridine rings is 1. The van der Waals surface area contributed by atoms with Gasteiger partial charge in [-0.1, -0.05) is 0 Å². The fourth-order valence-corrected chi connectivity index (χ4v) is 3.77. The Labute approximate surface area is 194 Å². The summed E-state index contributed by atoms with van der Waals surface area (Å²) < 4.78 is 88.7. The van der Waals surface area contributed by atoms with Crippen LogP contribution < -0.4 is 9.47 Å². The molecule has 0 aromatic carbocycles. The second-order valence-electron chi connectivity index (χ2n) is 7.95. The first-order chi connectivity index (χ1) is 16.4. The van der Waals surface area contributed by atoms with Crippen LogP contribution >= 0.6 is 0 Å². The molecule has 4 heterocycles. The van der Waals surface area contributed by atoms with Crippen LogP contribution in [0.2, 0.25) is 0 Å². The number of carbonyl (C=O) groups is 1. The number of imidazole rings is 1. The van der Waals surface area contributed by atoms with Crippen LogP contribution in [0.3, 0.4) is 0 Å². The normalized spacial score (nSPS) is 19.1. The van der Waals surface area contributed by atoms with Crippen LogP contribution in [0.15, 0.2) is 36.9 Å². The van der Waals surface area contributed by atoms with Gasteiger partial charge < -0.3 is 14.4 Å². The lowest BCUT2D eigenvalue weighted by Crippen LogP contribution is -2.49. The number of aromatic nitrogens is 4.